The van der Waals surface area contributed by atoms with Crippen molar-refractivity contribution < 1.29 is 4.79 Å². The molecule has 164 valence electrons. The SMILES string of the molecule is CCCN1CCN(c2ccc(-c3cnc4ccc(C=C5SC(=S)NC5=O)nn34)cc2)CC1. The number of nitrogens with zero attached hydrogens (tertiary/aromatic N) is 5. The highest BCUT2D eigenvalue weighted by molar-refractivity contribution is 8.26. The zero-order valence-corrected chi connectivity index (χ0v) is 19.5. The van der Waals surface area contributed by atoms with Crippen LogP contribution >= 0.6 is 24.0 Å². The molecule has 2 aliphatic heterocycles. The smallest absolute Gasteiger partial charge is 0.263 e. The first-order chi connectivity index (χ1) is 15.6. The number of fused-ring (bicyclic) bond motifs is 1. The molecule has 4 heterocycles. The Morgan fingerprint density at radius 1 is 1.12 bits per heavy atom. The van der Waals surface area contributed by atoms with E-state index >= 15 is 0 Å². The van der Waals surface area contributed by atoms with E-state index in [0.29, 0.717) is 14.9 Å². The molecule has 2 saturated heterocycles. The van der Waals surface area contributed by atoms with E-state index in [4.69, 9.17) is 17.3 Å². The Hall–Kier alpha value is -2.75. The van der Waals surface area contributed by atoms with Gasteiger partial charge in [0.2, 0.25) is 0 Å². The lowest BCUT2D eigenvalue weighted by atomic mass is 10.1. The van der Waals surface area contributed by atoms with Crippen molar-refractivity contribution in [1.29, 1.82) is 0 Å². The fourth-order valence-corrected chi connectivity index (χ4v) is 5.13. The van der Waals surface area contributed by atoms with E-state index in [1.165, 1.54) is 30.4 Å². The van der Waals surface area contributed by atoms with Gasteiger partial charge in [-0.15, -0.1) is 0 Å². The molecule has 0 radical (unpaired) electrons. The molecule has 0 bridgehead atoms. The van der Waals surface area contributed by atoms with Crippen LogP contribution in [-0.2, 0) is 4.79 Å². The summed E-state index contributed by atoms with van der Waals surface area (Å²) in [6.07, 6.45) is 4.80. The fraction of sp³-hybridized carbons (Fsp3) is 0.304. The number of piperazine rings is 1. The molecule has 1 aromatic carbocycles. The number of nitrogens with one attached hydrogen (secondary N) is 1. The number of carbonyl (C=O) groups is 1. The van der Waals surface area contributed by atoms with Crippen molar-refractivity contribution in [2.75, 3.05) is 37.6 Å². The van der Waals surface area contributed by atoms with Crippen molar-refractivity contribution in [2.45, 2.75) is 13.3 Å². The first-order valence-electron chi connectivity index (χ1n) is 10.8. The topological polar surface area (TPSA) is 65.8 Å². The molecule has 1 amide bonds. The molecule has 2 fully saturated rings. The number of carbonyl (C=O) groups excluding carboxylic acids is 1. The van der Waals surface area contributed by atoms with Gasteiger partial charge in [-0.25, -0.2) is 9.50 Å². The third-order valence-corrected chi connectivity index (χ3v) is 6.91. The van der Waals surface area contributed by atoms with Crippen molar-refractivity contribution in [3.63, 3.8) is 0 Å². The Balaban J connectivity index is 1.37. The number of benzene rings is 1. The van der Waals surface area contributed by atoms with Crippen molar-refractivity contribution in [3.8, 4) is 11.3 Å². The van der Waals surface area contributed by atoms with Gasteiger partial charge in [0, 0.05) is 37.4 Å². The van der Waals surface area contributed by atoms with Crippen LogP contribution in [-0.4, -0.2) is 62.4 Å². The predicted octanol–water partition coefficient (Wildman–Crippen LogP) is 3.42. The van der Waals surface area contributed by atoms with Gasteiger partial charge < -0.3 is 10.2 Å². The maximum atomic E-state index is 12.0. The number of aromatic nitrogens is 3. The summed E-state index contributed by atoms with van der Waals surface area (Å²) >= 11 is 6.31. The number of hydrogen-bond donors (Lipinski definition) is 1. The quantitative estimate of drug-likeness (QED) is 0.458. The van der Waals surface area contributed by atoms with Crippen LogP contribution in [0.5, 0.6) is 0 Å². The number of anilines is 1. The van der Waals surface area contributed by atoms with Gasteiger partial charge >= 0.3 is 0 Å². The molecule has 32 heavy (non-hydrogen) atoms. The van der Waals surface area contributed by atoms with Crippen LogP contribution in [0.1, 0.15) is 19.0 Å². The van der Waals surface area contributed by atoms with Gasteiger partial charge in [0.05, 0.1) is 22.5 Å². The molecule has 9 heteroatoms. The van der Waals surface area contributed by atoms with E-state index in [-0.39, 0.29) is 5.91 Å². The van der Waals surface area contributed by atoms with Crippen LogP contribution in [0.3, 0.4) is 0 Å². The summed E-state index contributed by atoms with van der Waals surface area (Å²) in [6, 6.07) is 12.4. The number of thioether (sulfide) groups is 1. The highest BCUT2D eigenvalue weighted by Gasteiger charge is 2.22. The number of rotatable bonds is 5. The minimum absolute atomic E-state index is 0.182. The van der Waals surface area contributed by atoms with Gasteiger partial charge in [-0.05, 0) is 43.3 Å². The number of hydrogen-bond acceptors (Lipinski definition) is 7. The second-order valence-corrected chi connectivity index (χ2v) is 9.62. The summed E-state index contributed by atoms with van der Waals surface area (Å²) in [4.78, 5) is 22.0. The zero-order valence-electron chi connectivity index (χ0n) is 17.8. The highest BCUT2D eigenvalue weighted by atomic mass is 32.2. The summed E-state index contributed by atoms with van der Waals surface area (Å²) in [5.41, 5.74) is 4.66. The average Bonchev–Trinajstić information content (AvgIpc) is 3.36. The number of thiocarbonyl (C=S) groups is 1. The second-order valence-electron chi connectivity index (χ2n) is 7.90. The monoisotopic (exact) mass is 464 g/mol. The molecule has 7 nitrogen and oxygen atoms in total. The summed E-state index contributed by atoms with van der Waals surface area (Å²) in [7, 11) is 0. The van der Waals surface area contributed by atoms with Gasteiger partial charge in [-0.2, -0.15) is 5.10 Å². The minimum atomic E-state index is -0.182. The van der Waals surface area contributed by atoms with Crippen LogP contribution in [0.15, 0.2) is 47.5 Å². The molecule has 2 aliphatic rings. The summed E-state index contributed by atoms with van der Waals surface area (Å²) < 4.78 is 2.29. The molecule has 0 unspecified atom stereocenters. The van der Waals surface area contributed by atoms with Crippen LogP contribution in [0.4, 0.5) is 5.69 Å². The highest BCUT2D eigenvalue weighted by Crippen LogP contribution is 2.27. The maximum Gasteiger partial charge on any atom is 0.263 e. The molecule has 5 rings (SSSR count). The maximum absolute atomic E-state index is 12.0. The van der Waals surface area contributed by atoms with E-state index < -0.39 is 0 Å². The molecular formula is C23H24N6OS2. The Morgan fingerprint density at radius 2 is 1.91 bits per heavy atom. The molecule has 1 N–H and O–H groups in total. The minimum Gasteiger partial charge on any atom is -0.369 e. The number of imidazole rings is 1. The Morgan fingerprint density at radius 3 is 2.59 bits per heavy atom. The van der Waals surface area contributed by atoms with Gasteiger partial charge in [0.1, 0.15) is 4.32 Å². The summed E-state index contributed by atoms with van der Waals surface area (Å²) in [5, 5.41) is 7.33. The van der Waals surface area contributed by atoms with Gasteiger partial charge in [0.25, 0.3) is 5.91 Å². The van der Waals surface area contributed by atoms with Crippen LogP contribution in [0.2, 0.25) is 0 Å². The van der Waals surface area contributed by atoms with Crippen molar-refractivity contribution in [3.05, 3.63) is 53.2 Å². The van der Waals surface area contributed by atoms with Crippen molar-refractivity contribution in [1.82, 2.24) is 24.8 Å². The Labute approximate surface area is 196 Å². The van der Waals surface area contributed by atoms with E-state index in [0.717, 1.165) is 43.1 Å². The third kappa shape index (κ3) is 4.28. The van der Waals surface area contributed by atoms with Crippen molar-refractivity contribution in [2.24, 2.45) is 0 Å². The normalized spacial score (nSPS) is 18.7. The van der Waals surface area contributed by atoms with Crippen LogP contribution < -0.4 is 10.2 Å². The third-order valence-electron chi connectivity index (χ3n) is 5.74. The summed E-state index contributed by atoms with van der Waals surface area (Å²) in [6.45, 7) is 7.77. The zero-order chi connectivity index (χ0) is 22.1. The molecule has 0 atom stereocenters. The van der Waals surface area contributed by atoms with Crippen LogP contribution in [0, 0.1) is 0 Å². The molecule has 0 saturated carbocycles. The first-order valence-corrected chi connectivity index (χ1v) is 12.0. The molecule has 0 aliphatic carbocycles. The van der Waals surface area contributed by atoms with Crippen molar-refractivity contribution >= 4 is 51.6 Å². The fourth-order valence-electron chi connectivity index (χ4n) is 4.11. The lowest BCUT2D eigenvalue weighted by Gasteiger charge is -2.36. The van der Waals surface area contributed by atoms with E-state index in [2.05, 4.69) is 51.3 Å². The number of amides is 1. The Kier molecular flexibility index (Phi) is 5.95. The van der Waals surface area contributed by atoms with Gasteiger partial charge in [-0.3, -0.25) is 9.69 Å². The van der Waals surface area contributed by atoms with Crippen LogP contribution in [0.25, 0.3) is 23.0 Å². The van der Waals surface area contributed by atoms with E-state index in [1.807, 2.05) is 22.8 Å². The second kappa shape index (κ2) is 9.01. The molecule has 0 spiro atoms. The van der Waals surface area contributed by atoms with E-state index in [9.17, 15) is 4.79 Å². The summed E-state index contributed by atoms with van der Waals surface area (Å²) in [5.74, 6) is -0.182. The van der Waals surface area contributed by atoms with Gasteiger partial charge in [-0.1, -0.05) is 43.0 Å². The van der Waals surface area contributed by atoms with E-state index in [1.54, 1.807) is 6.08 Å². The molecule has 2 aromatic heterocycles. The Bertz CT molecular complexity index is 1190. The first kappa shape index (κ1) is 21.1. The standard InChI is InChI=1S/C23H24N6OS2/c1-2-9-27-10-12-28(13-11-27)18-6-3-16(4-7-18)19-15-24-21-8-5-17(26-29(19)21)14-20-22(30)25-23(31)32-20/h3-8,14-15H,2,9-13H2,1H3,(H,25,30,31). The molecular weight excluding hydrogens is 440 g/mol. The largest absolute Gasteiger partial charge is 0.369 e. The predicted molar refractivity (Wildman–Crippen MR) is 134 cm³/mol. The molecule has 3 aromatic rings. The van der Waals surface area contributed by atoms with Gasteiger partial charge in [0.15, 0.2) is 5.65 Å². The lowest BCUT2D eigenvalue weighted by molar-refractivity contribution is -0.115. The lowest BCUT2D eigenvalue weighted by Crippen LogP contribution is -2.46. The average molecular weight is 465 g/mol.